The highest BCUT2D eigenvalue weighted by atomic mass is 16.4. The molecular formula is C34H56N10O12. The number of aromatic nitrogens is 2. The Balaban J connectivity index is 2.31. The third kappa shape index (κ3) is 14.1. The maximum atomic E-state index is 14.0. The number of rotatable bonds is 22. The van der Waals surface area contributed by atoms with Crippen LogP contribution in [0.25, 0.3) is 0 Å². The minimum absolute atomic E-state index is 0.0938. The zero-order chi connectivity index (χ0) is 42.4. The Hall–Kier alpha value is -5.19. The highest BCUT2D eigenvalue weighted by Gasteiger charge is 2.41. The van der Waals surface area contributed by atoms with Crippen molar-refractivity contribution >= 4 is 47.3 Å². The monoisotopic (exact) mass is 796 g/mol. The number of carbonyl (C=O) groups is 8. The van der Waals surface area contributed by atoms with Gasteiger partial charge in [-0.05, 0) is 52.4 Å². The predicted molar refractivity (Wildman–Crippen MR) is 195 cm³/mol. The Morgan fingerprint density at radius 3 is 1.88 bits per heavy atom. The molecule has 56 heavy (non-hydrogen) atoms. The smallest absolute Gasteiger partial charge is 0.328 e. The van der Waals surface area contributed by atoms with E-state index in [2.05, 4.69) is 36.6 Å². The summed E-state index contributed by atoms with van der Waals surface area (Å²) in [4.78, 5) is 111. The summed E-state index contributed by atoms with van der Waals surface area (Å²) in [5.41, 5.74) is 11.2. The number of primary amides is 1. The number of hydrogen-bond acceptors (Lipinski definition) is 13. The molecule has 2 rings (SSSR count). The molecule has 0 aromatic carbocycles. The van der Waals surface area contributed by atoms with Gasteiger partial charge in [0.15, 0.2) is 6.04 Å². The van der Waals surface area contributed by atoms with Crippen molar-refractivity contribution in [2.75, 3.05) is 6.54 Å². The van der Waals surface area contributed by atoms with Crippen LogP contribution in [0, 0.1) is 5.92 Å². The molecule has 22 nitrogen and oxygen atoms in total. The molecule has 1 aliphatic heterocycles. The van der Waals surface area contributed by atoms with Crippen molar-refractivity contribution in [2.24, 2.45) is 17.4 Å². The van der Waals surface area contributed by atoms with Gasteiger partial charge in [-0.15, -0.1) is 0 Å². The SMILES string of the molecule is CC(C)C[C@H](NC(=O)[C@H](Cc1cnc[nH]1)NC(=O)[C@@H](NC(=O)[C@@H](NC(=O)[C@@H](N)CCC(N)=O)[C@@H](C)O)[C@@H](C)O)C(=O)N1CCC[C@H]1C(=O)N[C@H](C(=O)O)[C@@H](C)O. The van der Waals surface area contributed by atoms with E-state index < -0.39 is 108 Å². The largest absolute Gasteiger partial charge is 0.480 e. The van der Waals surface area contributed by atoms with Crippen molar-refractivity contribution < 1.29 is 58.8 Å². The number of hydrogen-bond donors (Lipinski definition) is 12. The highest BCUT2D eigenvalue weighted by Crippen LogP contribution is 2.21. The third-order valence-electron chi connectivity index (χ3n) is 8.98. The van der Waals surface area contributed by atoms with Gasteiger partial charge in [-0.25, -0.2) is 9.78 Å². The molecule has 1 fully saturated rings. The minimum Gasteiger partial charge on any atom is -0.480 e. The molecule has 1 aromatic rings. The molecule has 0 unspecified atom stereocenters. The van der Waals surface area contributed by atoms with Crippen LogP contribution in [0.4, 0.5) is 0 Å². The molecule has 1 aliphatic rings. The number of carbonyl (C=O) groups excluding carboxylic acids is 7. The van der Waals surface area contributed by atoms with Crippen molar-refractivity contribution in [1.29, 1.82) is 0 Å². The van der Waals surface area contributed by atoms with Gasteiger partial charge in [0, 0.05) is 31.3 Å². The molecule has 0 radical (unpaired) electrons. The molecule has 0 spiro atoms. The number of carboxylic acid groups (broad SMARTS) is 1. The lowest BCUT2D eigenvalue weighted by Crippen LogP contribution is -2.63. The van der Waals surface area contributed by atoms with E-state index in [1.165, 1.54) is 38.2 Å². The van der Waals surface area contributed by atoms with E-state index in [0.29, 0.717) is 12.1 Å². The standard InChI is InChI=1S/C34H56N10O12/c1-15(2)11-22(33(54)44-10-6-7-23(44)30(51)43-27(18(5)47)34(55)56)40-29(50)21(12-19-13-37-14-38-19)39-31(52)25(16(3)45)42-32(53)26(17(4)46)41-28(49)20(35)8-9-24(36)48/h13-18,20-23,25-27,45-47H,6-12,35H2,1-5H3,(H2,36,48)(H,37,38)(H,39,52)(H,40,50)(H,41,49)(H,42,53)(H,43,51)(H,55,56)/t16-,17-,18-,20+,21+,22+,23+,25+,26+,27+/m1/s1. The fraction of sp³-hybridized carbons (Fsp3) is 0.676. The van der Waals surface area contributed by atoms with E-state index in [4.69, 9.17) is 11.5 Å². The first-order valence-corrected chi connectivity index (χ1v) is 18.2. The number of likely N-dealkylation sites (tertiary alicyclic amines) is 1. The first kappa shape index (κ1) is 47.0. The van der Waals surface area contributed by atoms with Crippen LogP contribution in [0.15, 0.2) is 12.5 Å². The average molecular weight is 797 g/mol. The van der Waals surface area contributed by atoms with Crippen LogP contribution in [0.2, 0.25) is 0 Å². The fourth-order valence-electron chi connectivity index (χ4n) is 5.94. The Morgan fingerprint density at radius 1 is 0.821 bits per heavy atom. The maximum Gasteiger partial charge on any atom is 0.328 e. The molecule has 1 aromatic heterocycles. The van der Waals surface area contributed by atoms with Crippen molar-refractivity contribution in [3.8, 4) is 0 Å². The Morgan fingerprint density at radius 2 is 1.38 bits per heavy atom. The van der Waals surface area contributed by atoms with E-state index in [-0.39, 0.29) is 44.6 Å². The number of nitrogens with one attached hydrogen (secondary N) is 6. The van der Waals surface area contributed by atoms with E-state index in [9.17, 15) is 58.8 Å². The van der Waals surface area contributed by atoms with Gasteiger partial charge in [-0.1, -0.05) is 13.8 Å². The maximum absolute atomic E-state index is 14.0. The molecule has 0 bridgehead atoms. The summed E-state index contributed by atoms with van der Waals surface area (Å²) in [6.45, 7) is 7.24. The van der Waals surface area contributed by atoms with Crippen molar-refractivity contribution in [3.63, 3.8) is 0 Å². The number of aromatic amines is 1. The van der Waals surface area contributed by atoms with Gasteiger partial charge in [0.05, 0.1) is 30.7 Å². The summed E-state index contributed by atoms with van der Waals surface area (Å²) in [6, 6.07) is -10.1. The molecule has 2 heterocycles. The molecule has 314 valence electrons. The summed E-state index contributed by atoms with van der Waals surface area (Å²) < 4.78 is 0. The van der Waals surface area contributed by atoms with Crippen LogP contribution in [0.5, 0.6) is 0 Å². The first-order chi connectivity index (χ1) is 26.1. The second-order valence-corrected chi connectivity index (χ2v) is 14.4. The normalized spacial score (nSPS) is 18.9. The average Bonchev–Trinajstić information content (AvgIpc) is 3.81. The minimum atomic E-state index is -1.74. The highest BCUT2D eigenvalue weighted by molar-refractivity contribution is 5.97. The van der Waals surface area contributed by atoms with Gasteiger partial charge < -0.3 is 68.4 Å². The molecular weight excluding hydrogens is 740 g/mol. The number of H-pyrrole nitrogens is 1. The van der Waals surface area contributed by atoms with Gasteiger partial charge in [0.25, 0.3) is 0 Å². The Labute approximate surface area is 323 Å². The number of nitrogens with two attached hydrogens (primary N) is 2. The van der Waals surface area contributed by atoms with Crippen molar-refractivity contribution in [1.82, 2.24) is 41.5 Å². The van der Waals surface area contributed by atoms with E-state index in [1.54, 1.807) is 13.8 Å². The third-order valence-corrected chi connectivity index (χ3v) is 8.98. The number of nitrogens with zero attached hydrogens (tertiary/aromatic N) is 2. The van der Waals surface area contributed by atoms with Crippen LogP contribution >= 0.6 is 0 Å². The topological polar surface area (TPSA) is 362 Å². The second kappa shape index (κ2) is 21.8. The Bertz CT molecular complexity index is 1540. The second-order valence-electron chi connectivity index (χ2n) is 14.4. The number of aliphatic carboxylic acids is 1. The Kier molecular flexibility index (Phi) is 18.3. The van der Waals surface area contributed by atoms with Crippen molar-refractivity contribution in [3.05, 3.63) is 18.2 Å². The first-order valence-electron chi connectivity index (χ1n) is 18.2. The van der Waals surface area contributed by atoms with Crippen molar-refractivity contribution in [2.45, 2.75) is 134 Å². The summed E-state index contributed by atoms with van der Waals surface area (Å²) >= 11 is 0. The zero-order valence-electron chi connectivity index (χ0n) is 32.1. The lowest BCUT2D eigenvalue weighted by atomic mass is 10.0. The van der Waals surface area contributed by atoms with Gasteiger partial charge >= 0.3 is 5.97 Å². The molecule has 7 amide bonds. The summed E-state index contributed by atoms with van der Waals surface area (Å²) in [7, 11) is 0. The molecule has 0 saturated carbocycles. The van der Waals surface area contributed by atoms with E-state index >= 15 is 0 Å². The van der Waals surface area contributed by atoms with Crippen LogP contribution in [0.3, 0.4) is 0 Å². The molecule has 1 saturated heterocycles. The van der Waals surface area contributed by atoms with Crippen LogP contribution in [0.1, 0.15) is 72.4 Å². The van der Waals surface area contributed by atoms with Crippen LogP contribution in [-0.4, -0.2) is 150 Å². The summed E-state index contributed by atoms with van der Waals surface area (Å²) in [5.74, 6) is -7.70. The number of aliphatic hydroxyl groups excluding tert-OH is 3. The van der Waals surface area contributed by atoms with E-state index in [1.807, 2.05) is 0 Å². The van der Waals surface area contributed by atoms with Gasteiger partial charge in [0.1, 0.15) is 30.2 Å². The molecule has 22 heteroatoms. The predicted octanol–water partition coefficient (Wildman–Crippen LogP) is -4.77. The van der Waals surface area contributed by atoms with Gasteiger partial charge in [-0.2, -0.15) is 0 Å². The van der Waals surface area contributed by atoms with Crippen LogP contribution in [-0.2, 0) is 44.8 Å². The number of imidazole rings is 1. The lowest BCUT2D eigenvalue weighted by Gasteiger charge is -2.31. The fourth-order valence-corrected chi connectivity index (χ4v) is 5.94. The van der Waals surface area contributed by atoms with Gasteiger partial charge in [0.2, 0.25) is 41.4 Å². The number of carboxylic acids is 1. The van der Waals surface area contributed by atoms with Gasteiger partial charge in [-0.3, -0.25) is 33.6 Å². The molecule has 10 atom stereocenters. The summed E-state index contributed by atoms with van der Waals surface area (Å²) in [6.07, 6.45) is -1.72. The summed E-state index contributed by atoms with van der Waals surface area (Å²) in [5, 5.41) is 52.0. The lowest BCUT2D eigenvalue weighted by molar-refractivity contribution is -0.147. The zero-order valence-corrected chi connectivity index (χ0v) is 32.1. The molecule has 14 N–H and O–H groups in total. The molecule has 0 aliphatic carbocycles. The number of aliphatic hydroxyl groups is 3. The van der Waals surface area contributed by atoms with E-state index in [0.717, 1.165) is 0 Å². The quantitative estimate of drug-likeness (QED) is 0.0524. The number of amides is 7. The van der Waals surface area contributed by atoms with Crippen LogP contribution < -0.4 is 38.1 Å².